The fraction of sp³-hybridized carbons (Fsp3) is 0.531. The van der Waals surface area contributed by atoms with Gasteiger partial charge in [0.15, 0.2) is 0 Å². The van der Waals surface area contributed by atoms with Gasteiger partial charge in [0.05, 0.1) is 5.69 Å². The summed E-state index contributed by atoms with van der Waals surface area (Å²) < 4.78 is 5.78. The van der Waals surface area contributed by atoms with Gasteiger partial charge in [-0.25, -0.2) is 5.43 Å². The Morgan fingerprint density at radius 1 is 1.12 bits per heavy atom. The van der Waals surface area contributed by atoms with E-state index < -0.39 is 36.1 Å². The van der Waals surface area contributed by atoms with Crippen LogP contribution < -0.4 is 16.1 Å². The van der Waals surface area contributed by atoms with Crippen LogP contribution in [0.1, 0.15) is 90.5 Å². The summed E-state index contributed by atoms with van der Waals surface area (Å²) in [6.07, 6.45) is 7.16. The van der Waals surface area contributed by atoms with Crippen LogP contribution in [0.5, 0.6) is 0 Å². The van der Waals surface area contributed by atoms with Gasteiger partial charge in [0, 0.05) is 24.5 Å². The van der Waals surface area contributed by atoms with Crippen molar-refractivity contribution in [2.75, 3.05) is 6.54 Å². The molecule has 4 unspecified atom stereocenters. The third-order valence-corrected chi connectivity index (χ3v) is 7.48. The number of amides is 3. The Kier molecular flexibility index (Phi) is 12.0. The van der Waals surface area contributed by atoms with Gasteiger partial charge in [0.2, 0.25) is 11.8 Å². The van der Waals surface area contributed by atoms with Crippen LogP contribution in [0, 0.1) is 5.92 Å². The molecule has 228 valence electrons. The molecule has 10 heteroatoms. The Morgan fingerprint density at radius 2 is 1.88 bits per heavy atom. The van der Waals surface area contributed by atoms with Gasteiger partial charge in [-0.05, 0) is 68.2 Å². The maximum atomic E-state index is 13.2. The minimum absolute atomic E-state index is 0.153. The molecule has 1 aliphatic rings. The molecule has 3 N–H and O–H groups in total. The molecule has 0 radical (unpaired) electrons. The Labute approximate surface area is 248 Å². The number of nitrogens with one attached hydrogen (secondary N) is 3. The van der Waals surface area contributed by atoms with E-state index in [1.807, 2.05) is 45.0 Å². The van der Waals surface area contributed by atoms with Crippen molar-refractivity contribution in [2.45, 2.75) is 97.4 Å². The van der Waals surface area contributed by atoms with Crippen molar-refractivity contribution in [2.24, 2.45) is 5.92 Å². The number of hydrogen-bond donors (Lipinski definition) is 3. The SMILES string of the molecule is C=Cc1cc2cc(C(C)OC(=O)C3CCCN(C(=O)C(C)NC(=O)C(NC(=O)CCCCC)C(C)C)N3)ccc2cn1. The molecular weight excluding hydrogens is 534 g/mol. The number of unbranched alkanes of at least 4 members (excludes halogenated alkanes) is 2. The summed E-state index contributed by atoms with van der Waals surface area (Å²) in [6.45, 7) is 13.3. The van der Waals surface area contributed by atoms with Crippen molar-refractivity contribution in [3.63, 3.8) is 0 Å². The highest BCUT2D eigenvalue weighted by molar-refractivity contribution is 5.92. The molecule has 1 aromatic carbocycles. The van der Waals surface area contributed by atoms with Crippen molar-refractivity contribution in [1.82, 2.24) is 26.1 Å². The lowest BCUT2D eigenvalue weighted by Crippen LogP contribution is -2.61. The van der Waals surface area contributed by atoms with E-state index in [1.54, 1.807) is 19.2 Å². The summed E-state index contributed by atoms with van der Waals surface area (Å²) in [5.74, 6) is -1.56. The molecular formula is C32H45N5O5. The average Bonchev–Trinajstić information content (AvgIpc) is 2.98. The van der Waals surface area contributed by atoms with Crippen LogP contribution in [0.15, 0.2) is 37.0 Å². The minimum atomic E-state index is -0.857. The van der Waals surface area contributed by atoms with Gasteiger partial charge < -0.3 is 15.4 Å². The molecule has 1 aromatic heterocycles. The van der Waals surface area contributed by atoms with Crippen LogP contribution >= 0.6 is 0 Å². The second-order valence-electron chi connectivity index (χ2n) is 11.3. The first-order valence-corrected chi connectivity index (χ1v) is 14.9. The van der Waals surface area contributed by atoms with Gasteiger partial charge in [-0.15, -0.1) is 0 Å². The summed E-state index contributed by atoms with van der Waals surface area (Å²) in [4.78, 5) is 55.9. The first-order valence-electron chi connectivity index (χ1n) is 14.9. The van der Waals surface area contributed by atoms with E-state index in [9.17, 15) is 19.2 Å². The highest BCUT2D eigenvalue weighted by Gasteiger charge is 2.33. The first-order chi connectivity index (χ1) is 20.0. The van der Waals surface area contributed by atoms with Crippen molar-refractivity contribution < 1.29 is 23.9 Å². The van der Waals surface area contributed by atoms with E-state index in [-0.39, 0.29) is 17.7 Å². The minimum Gasteiger partial charge on any atom is -0.457 e. The lowest BCUT2D eigenvalue weighted by Gasteiger charge is -2.35. The zero-order chi connectivity index (χ0) is 30.8. The molecule has 0 bridgehead atoms. The number of pyridine rings is 1. The fourth-order valence-electron chi connectivity index (χ4n) is 4.90. The molecule has 0 aliphatic carbocycles. The third kappa shape index (κ3) is 8.85. The molecule has 0 spiro atoms. The van der Waals surface area contributed by atoms with Gasteiger partial charge in [0.25, 0.3) is 5.91 Å². The van der Waals surface area contributed by atoms with Crippen molar-refractivity contribution in [3.8, 4) is 0 Å². The number of fused-ring (bicyclic) bond motifs is 1. The highest BCUT2D eigenvalue weighted by Crippen LogP contribution is 2.24. The summed E-state index contributed by atoms with van der Waals surface area (Å²) in [5, 5.41) is 8.87. The highest BCUT2D eigenvalue weighted by atomic mass is 16.5. The van der Waals surface area contributed by atoms with Crippen LogP contribution in [0.3, 0.4) is 0 Å². The Bertz CT molecular complexity index is 1280. The second-order valence-corrected chi connectivity index (χ2v) is 11.3. The van der Waals surface area contributed by atoms with Gasteiger partial charge in [-0.1, -0.05) is 52.3 Å². The van der Waals surface area contributed by atoms with Crippen LogP contribution in [0.4, 0.5) is 0 Å². The normalized spacial score (nSPS) is 17.3. The van der Waals surface area contributed by atoms with Crippen LogP contribution in [0.25, 0.3) is 16.8 Å². The standard InChI is InChI=1S/C32H45N5O5/c1-7-9-10-13-28(38)35-29(20(3)4)30(39)34-21(5)31(40)37-16-11-12-27(36-37)32(41)42-22(6)23-14-15-24-19-33-26(8-2)18-25(24)17-23/h8,14-15,17-22,27,29,36H,2,7,9-13,16H2,1,3-6H3,(H,34,39)(H,35,38). The van der Waals surface area contributed by atoms with Gasteiger partial charge >= 0.3 is 5.97 Å². The molecule has 10 nitrogen and oxygen atoms in total. The van der Waals surface area contributed by atoms with E-state index in [4.69, 9.17) is 4.74 Å². The number of hydrazine groups is 1. The number of carbonyl (C=O) groups excluding carboxylic acids is 4. The molecule has 3 amide bonds. The molecule has 4 atom stereocenters. The Morgan fingerprint density at radius 3 is 2.57 bits per heavy atom. The topological polar surface area (TPSA) is 130 Å². The number of hydrogen-bond acceptors (Lipinski definition) is 7. The molecule has 1 saturated heterocycles. The Hall–Kier alpha value is -3.79. The van der Waals surface area contributed by atoms with Crippen LogP contribution in [-0.2, 0) is 23.9 Å². The van der Waals surface area contributed by atoms with E-state index in [0.29, 0.717) is 25.8 Å². The van der Waals surface area contributed by atoms with E-state index in [2.05, 4.69) is 34.5 Å². The van der Waals surface area contributed by atoms with Gasteiger partial charge in [-0.3, -0.25) is 29.2 Å². The lowest BCUT2D eigenvalue weighted by molar-refractivity contribution is -0.157. The summed E-state index contributed by atoms with van der Waals surface area (Å²) in [7, 11) is 0. The number of nitrogens with zero attached hydrogens (tertiary/aromatic N) is 2. The average molecular weight is 580 g/mol. The molecule has 2 aromatic rings. The molecule has 1 aliphatic heterocycles. The van der Waals surface area contributed by atoms with Crippen LogP contribution in [-0.4, -0.2) is 58.4 Å². The monoisotopic (exact) mass is 579 g/mol. The summed E-state index contributed by atoms with van der Waals surface area (Å²) >= 11 is 0. The van der Waals surface area contributed by atoms with Crippen molar-refractivity contribution >= 4 is 40.5 Å². The number of esters is 1. The quantitative estimate of drug-likeness (QED) is 0.240. The van der Waals surface area contributed by atoms with Crippen LogP contribution in [0.2, 0.25) is 0 Å². The van der Waals surface area contributed by atoms with E-state index in [1.165, 1.54) is 5.01 Å². The summed E-state index contributed by atoms with van der Waals surface area (Å²) in [5.41, 5.74) is 4.59. The van der Waals surface area contributed by atoms with E-state index in [0.717, 1.165) is 41.3 Å². The third-order valence-electron chi connectivity index (χ3n) is 7.48. The number of aromatic nitrogens is 1. The first kappa shape index (κ1) is 32.7. The number of benzene rings is 1. The van der Waals surface area contributed by atoms with Crippen molar-refractivity contribution in [3.05, 3.63) is 48.3 Å². The molecule has 3 rings (SSSR count). The maximum absolute atomic E-state index is 13.2. The maximum Gasteiger partial charge on any atom is 0.325 e. The summed E-state index contributed by atoms with van der Waals surface area (Å²) in [6, 6.07) is 5.43. The lowest BCUT2D eigenvalue weighted by atomic mass is 10.0. The number of ether oxygens (including phenoxy) is 1. The zero-order valence-corrected chi connectivity index (χ0v) is 25.4. The van der Waals surface area contributed by atoms with Gasteiger partial charge in [-0.2, -0.15) is 0 Å². The smallest absolute Gasteiger partial charge is 0.325 e. The zero-order valence-electron chi connectivity index (χ0n) is 25.4. The van der Waals surface area contributed by atoms with E-state index >= 15 is 0 Å². The molecule has 1 fully saturated rings. The Balaban J connectivity index is 1.56. The molecule has 42 heavy (non-hydrogen) atoms. The number of rotatable bonds is 13. The van der Waals surface area contributed by atoms with Crippen molar-refractivity contribution in [1.29, 1.82) is 0 Å². The van der Waals surface area contributed by atoms with Gasteiger partial charge in [0.1, 0.15) is 24.2 Å². The predicted molar refractivity (Wildman–Crippen MR) is 163 cm³/mol. The second kappa shape index (κ2) is 15.4. The molecule has 2 heterocycles. The molecule has 0 saturated carbocycles. The number of carbonyl (C=O) groups is 4. The fourth-order valence-corrected chi connectivity index (χ4v) is 4.90. The predicted octanol–water partition coefficient (Wildman–Crippen LogP) is 4.20. The largest absolute Gasteiger partial charge is 0.457 e.